The van der Waals surface area contributed by atoms with Crippen LogP contribution in [-0.4, -0.2) is 56.3 Å². The molecule has 0 aliphatic carbocycles. The monoisotopic (exact) mass is 685 g/mol. The lowest BCUT2D eigenvalue weighted by molar-refractivity contribution is -0.184. The minimum Gasteiger partial charge on any atom is -0.382 e. The Labute approximate surface area is 295 Å². The lowest BCUT2D eigenvalue weighted by atomic mass is 10.00. The van der Waals surface area contributed by atoms with Crippen molar-refractivity contribution in [2.45, 2.75) is 57.1 Å². The summed E-state index contributed by atoms with van der Waals surface area (Å²) in [5.41, 5.74) is 10.6. The quantitative estimate of drug-likeness (QED) is 0.149. The highest BCUT2D eigenvalue weighted by Gasteiger charge is 2.49. The Kier molecular flexibility index (Phi) is 11.1. The first kappa shape index (κ1) is 34.2. The minimum absolute atomic E-state index is 0.0818. The normalized spacial score (nSPS) is 20.7. The van der Waals surface area contributed by atoms with Crippen LogP contribution in [0.4, 0.5) is 5.82 Å². The molecule has 1 saturated heterocycles. The number of rotatable bonds is 14. The summed E-state index contributed by atoms with van der Waals surface area (Å²) in [6.45, 7) is 0.993. The van der Waals surface area contributed by atoms with Crippen molar-refractivity contribution in [2.24, 2.45) is 0 Å². The van der Waals surface area contributed by atoms with Crippen LogP contribution in [0, 0.1) is 0 Å². The molecule has 2 aromatic heterocycles. The zero-order valence-corrected chi connectivity index (χ0v) is 27.9. The van der Waals surface area contributed by atoms with E-state index in [2.05, 4.69) is 15.0 Å². The number of fused-ring (bicyclic) bond motifs is 1. The van der Waals surface area contributed by atoms with Gasteiger partial charge in [0.05, 0.1) is 39.4 Å². The lowest BCUT2D eigenvalue weighted by Crippen LogP contribution is -2.50. The molecule has 11 heteroatoms. The van der Waals surface area contributed by atoms with Crippen molar-refractivity contribution >= 4 is 22.8 Å². The Hall–Kier alpha value is -5.30. The van der Waals surface area contributed by atoms with Crippen LogP contribution >= 0.6 is 0 Å². The van der Waals surface area contributed by atoms with Crippen LogP contribution in [0.1, 0.15) is 28.5 Å². The van der Waals surface area contributed by atoms with Crippen molar-refractivity contribution in [3.8, 4) is 0 Å². The Balaban J connectivity index is 1.29. The van der Waals surface area contributed by atoms with Gasteiger partial charge < -0.3 is 29.4 Å². The predicted molar refractivity (Wildman–Crippen MR) is 190 cm³/mol. The van der Waals surface area contributed by atoms with Crippen molar-refractivity contribution in [2.75, 3.05) is 12.3 Å². The number of ether oxygens (including phenoxy) is 5. The molecular weight excluding hydrogens is 646 g/mol. The fourth-order valence-electron chi connectivity index (χ4n) is 6.10. The van der Waals surface area contributed by atoms with Gasteiger partial charge in [0, 0.05) is 0 Å². The molecule has 51 heavy (non-hydrogen) atoms. The van der Waals surface area contributed by atoms with Crippen LogP contribution in [0.5, 0.6) is 0 Å². The van der Waals surface area contributed by atoms with E-state index in [1.54, 1.807) is 4.57 Å². The lowest BCUT2D eigenvalue weighted by Gasteiger charge is -2.33. The van der Waals surface area contributed by atoms with Crippen molar-refractivity contribution in [1.29, 1.82) is 0 Å². The van der Waals surface area contributed by atoms with Gasteiger partial charge in [0.1, 0.15) is 36.3 Å². The molecule has 1 aliphatic heterocycles. The number of hydrogen-bond donors (Lipinski definition) is 1. The second kappa shape index (κ2) is 16.6. The Morgan fingerprint density at radius 2 is 1.14 bits per heavy atom. The van der Waals surface area contributed by atoms with Crippen molar-refractivity contribution in [3.63, 3.8) is 0 Å². The van der Waals surface area contributed by atoms with E-state index in [9.17, 15) is 4.79 Å². The zero-order valence-electron chi connectivity index (χ0n) is 27.9. The summed E-state index contributed by atoms with van der Waals surface area (Å²) in [5, 5.41) is 0. The molecule has 1 aliphatic rings. The summed E-state index contributed by atoms with van der Waals surface area (Å²) < 4.78 is 34.7. The number of imidazole rings is 1. The number of aromatic nitrogens is 4. The van der Waals surface area contributed by atoms with Gasteiger partial charge in [0.2, 0.25) is 5.78 Å². The third-order valence-electron chi connectivity index (χ3n) is 8.69. The van der Waals surface area contributed by atoms with Crippen LogP contribution in [0.2, 0.25) is 0 Å². The van der Waals surface area contributed by atoms with E-state index in [-0.39, 0.29) is 38.0 Å². The van der Waals surface area contributed by atoms with Gasteiger partial charge in [-0.05, 0) is 22.3 Å². The maximum atomic E-state index is 14.9. The molecule has 4 aromatic carbocycles. The summed E-state index contributed by atoms with van der Waals surface area (Å²) in [5.74, 6) is -0.202. The highest BCUT2D eigenvalue weighted by Crippen LogP contribution is 2.33. The van der Waals surface area contributed by atoms with Crippen LogP contribution in [0.15, 0.2) is 134 Å². The van der Waals surface area contributed by atoms with Gasteiger partial charge in [-0.15, -0.1) is 0 Å². The zero-order chi connectivity index (χ0) is 34.8. The molecule has 6 aromatic rings. The van der Waals surface area contributed by atoms with Crippen LogP contribution in [-0.2, 0) is 54.9 Å². The molecule has 0 bridgehead atoms. The van der Waals surface area contributed by atoms with E-state index in [1.807, 2.05) is 121 Å². The third-order valence-corrected chi connectivity index (χ3v) is 8.69. The van der Waals surface area contributed by atoms with Crippen molar-refractivity contribution in [3.05, 3.63) is 156 Å². The number of nitrogen functional groups attached to an aromatic ring is 1. The molecule has 1 fully saturated rings. The van der Waals surface area contributed by atoms with Gasteiger partial charge in [-0.1, -0.05) is 121 Å². The maximum Gasteiger partial charge on any atom is 0.213 e. The number of nitrogens with two attached hydrogens (primary N) is 1. The van der Waals surface area contributed by atoms with Gasteiger partial charge in [-0.25, -0.2) is 15.0 Å². The van der Waals surface area contributed by atoms with Gasteiger partial charge in [-0.2, -0.15) is 0 Å². The molecule has 0 radical (unpaired) electrons. The molecule has 0 saturated carbocycles. The largest absolute Gasteiger partial charge is 0.382 e. The van der Waals surface area contributed by atoms with Gasteiger partial charge >= 0.3 is 0 Å². The molecule has 5 atom stereocenters. The predicted octanol–water partition coefficient (Wildman–Crippen LogP) is 5.85. The van der Waals surface area contributed by atoms with Gasteiger partial charge in [0.25, 0.3) is 0 Å². The summed E-state index contributed by atoms with van der Waals surface area (Å²) in [7, 11) is 0. The third kappa shape index (κ3) is 8.37. The summed E-state index contributed by atoms with van der Waals surface area (Å²) in [6.07, 6.45) is -2.06. The highest BCUT2D eigenvalue weighted by molar-refractivity contribution is 5.89. The summed E-state index contributed by atoms with van der Waals surface area (Å²) in [4.78, 5) is 27.9. The number of carbonyl (C=O) groups is 1. The average Bonchev–Trinajstić information content (AvgIpc) is 3.58. The number of Topliss-reactive ketones (excluding diaryl/α,β-unsaturated/α-hetero) is 1. The highest BCUT2D eigenvalue weighted by atomic mass is 16.6. The average molecular weight is 686 g/mol. The molecule has 0 spiro atoms. The first-order chi connectivity index (χ1) is 25.1. The smallest absolute Gasteiger partial charge is 0.213 e. The Bertz CT molecular complexity index is 1980. The molecule has 11 nitrogen and oxygen atoms in total. The Morgan fingerprint density at radius 3 is 1.71 bits per heavy atom. The number of nitrogens with zero attached hydrogens (tertiary/aromatic N) is 4. The molecule has 0 unspecified atom stereocenters. The molecular formula is C40H39N5O6. The fraction of sp³-hybridized carbons (Fsp3) is 0.250. The van der Waals surface area contributed by atoms with Crippen LogP contribution in [0.25, 0.3) is 11.2 Å². The maximum absolute atomic E-state index is 14.9. The molecule has 260 valence electrons. The fourth-order valence-corrected chi connectivity index (χ4v) is 6.10. The van der Waals surface area contributed by atoms with E-state index in [4.69, 9.17) is 29.4 Å². The van der Waals surface area contributed by atoms with Crippen LogP contribution < -0.4 is 5.73 Å². The van der Waals surface area contributed by atoms with E-state index in [1.165, 1.54) is 12.7 Å². The molecule has 2 N–H and O–H groups in total. The minimum atomic E-state index is -1.23. The number of hydrogen-bond acceptors (Lipinski definition) is 10. The first-order valence-corrected chi connectivity index (χ1v) is 16.8. The SMILES string of the molecule is Nc1ncnc2c1ncn2[C@@H]1O[C@H](COCc2ccccc2)[C@@H](OCc2ccccc2)[C@H](OCc2ccccc2)[C@@H](OCc2ccccc2)C1=O. The van der Waals surface area contributed by atoms with Crippen molar-refractivity contribution in [1.82, 2.24) is 19.5 Å². The second-order valence-electron chi connectivity index (χ2n) is 12.3. The van der Waals surface area contributed by atoms with Gasteiger partial charge in [0.15, 0.2) is 17.7 Å². The van der Waals surface area contributed by atoms with E-state index >= 15 is 0 Å². The number of ketones is 1. The summed E-state index contributed by atoms with van der Waals surface area (Å²) in [6, 6.07) is 39.1. The summed E-state index contributed by atoms with van der Waals surface area (Å²) >= 11 is 0. The first-order valence-electron chi connectivity index (χ1n) is 16.8. The van der Waals surface area contributed by atoms with Crippen molar-refractivity contribution < 1.29 is 28.5 Å². The Morgan fingerprint density at radius 1 is 0.627 bits per heavy atom. The molecule has 0 amide bonds. The van der Waals surface area contributed by atoms with E-state index in [0.29, 0.717) is 17.8 Å². The number of benzene rings is 4. The second-order valence-corrected chi connectivity index (χ2v) is 12.3. The molecule has 7 rings (SSSR count). The molecule has 3 heterocycles. The standard InChI is InChI=1S/C40H39N5O6/c41-38-33-39(43-26-42-38)45(27-44-33)40-34(46)36(49-23-30-17-9-3-10-18-30)37(50-24-31-19-11-4-12-20-31)35(48-22-29-15-7-2-8-16-29)32(51-40)25-47-21-28-13-5-1-6-14-28/h1-20,26-27,32,35-37,40H,21-25H2,(H2,41,42,43)/t32-,35-,36+,37+,40-/m1/s1. The van der Waals surface area contributed by atoms with E-state index in [0.717, 1.165) is 22.3 Å². The topological polar surface area (TPSA) is 133 Å². The number of carbonyl (C=O) groups excluding carboxylic acids is 1. The van der Waals surface area contributed by atoms with Crippen LogP contribution in [0.3, 0.4) is 0 Å². The number of anilines is 1. The van der Waals surface area contributed by atoms with Gasteiger partial charge in [-0.3, -0.25) is 9.36 Å². The van der Waals surface area contributed by atoms with E-state index < -0.39 is 30.6 Å².